The van der Waals surface area contributed by atoms with Gasteiger partial charge in [0.2, 0.25) is 5.36 Å². The number of rotatable bonds is 9. The van der Waals surface area contributed by atoms with Crippen LogP contribution in [0.4, 0.5) is 11.4 Å². The minimum Gasteiger partial charge on any atom is -1.00 e. The molecule has 0 bridgehead atoms. The highest BCUT2D eigenvalue weighted by atomic mass is 35.5. The van der Waals surface area contributed by atoms with Gasteiger partial charge in [0.05, 0.1) is 6.07 Å². The van der Waals surface area contributed by atoms with Crippen molar-refractivity contribution >= 4 is 23.4 Å². The van der Waals surface area contributed by atoms with E-state index in [0.717, 1.165) is 78.3 Å². The summed E-state index contributed by atoms with van der Waals surface area (Å²) < 4.78 is 8.81. The number of allylic oxidation sites excluding steroid dienone is 1. The Balaban J connectivity index is 0.00000361. The van der Waals surface area contributed by atoms with Crippen LogP contribution in [0.15, 0.2) is 58.6 Å². The summed E-state index contributed by atoms with van der Waals surface area (Å²) in [5, 5.41) is 13.5. The maximum Gasteiger partial charge on any atom is 0.303 e. The molecule has 7 heteroatoms. The summed E-state index contributed by atoms with van der Waals surface area (Å²) in [5.41, 5.74) is 10.9. The molecule has 6 nitrogen and oxygen atoms in total. The SMILES string of the molecule is CC[N+](CCCCCC(=O)O)=c1ccc2cc3c(oc-2c1)C=C(Nc1ccc(N)cc1)CC3(C)C.[Cl-]. The fourth-order valence-corrected chi connectivity index (χ4v) is 4.80. The number of unbranched alkanes of at least 4 members (excludes halogenated alkanes) is 2. The van der Waals surface area contributed by atoms with Gasteiger partial charge in [0.15, 0.2) is 0 Å². The summed E-state index contributed by atoms with van der Waals surface area (Å²) in [4.78, 5) is 10.7. The van der Waals surface area contributed by atoms with Crippen molar-refractivity contribution in [2.24, 2.45) is 0 Å². The van der Waals surface area contributed by atoms with E-state index in [4.69, 9.17) is 15.3 Å². The van der Waals surface area contributed by atoms with E-state index in [1.807, 2.05) is 24.3 Å². The monoisotopic (exact) mass is 509 g/mol. The van der Waals surface area contributed by atoms with Crippen molar-refractivity contribution in [3.8, 4) is 11.3 Å². The summed E-state index contributed by atoms with van der Waals surface area (Å²) in [5.74, 6) is 1.03. The summed E-state index contributed by atoms with van der Waals surface area (Å²) in [6, 6.07) is 16.5. The molecular formula is C29H36ClN3O3. The zero-order chi connectivity index (χ0) is 25.0. The lowest BCUT2D eigenvalue weighted by molar-refractivity contribution is -0.137. The third-order valence-corrected chi connectivity index (χ3v) is 6.73. The lowest BCUT2D eigenvalue weighted by Crippen LogP contribution is -3.00. The van der Waals surface area contributed by atoms with E-state index in [2.05, 4.69) is 61.0 Å². The van der Waals surface area contributed by atoms with Gasteiger partial charge in [-0.15, -0.1) is 0 Å². The highest BCUT2D eigenvalue weighted by Crippen LogP contribution is 2.41. The number of halogens is 1. The summed E-state index contributed by atoms with van der Waals surface area (Å²) in [7, 11) is 0. The molecule has 0 unspecified atom stereocenters. The molecule has 192 valence electrons. The molecule has 4 N–H and O–H groups in total. The summed E-state index contributed by atoms with van der Waals surface area (Å²) in [6.07, 6.45) is 5.85. The predicted molar refractivity (Wildman–Crippen MR) is 142 cm³/mol. The van der Waals surface area contributed by atoms with Crippen LogP contribution in [0.25, 0.3) is 17.4 Å². The fourth-order valence-electron chi connectivity index (χ4n) is 4.80. The van der Waals surface area contributed by atoms with Gasteiger partial charge in [0.1, 0.15) is 24.6 Å². The average Bonchev–Trinajstić information content (AvgIpc) is 2.81. The number of hydrogen-bond acceptors (Lipinski definition) is 4. The van der Waals surface area contributed by atoms with Crippen LogP contribution in [-0.2, 0) is 10.2 Å². The fraction of sp³-hybridized carbons (Fsp3) is 0.379. The average molecular weight is 510 g/mol. The Bertz CT molecular complexity index is 1280. The van der Waals surface area contributed by atoms with Crippen molar-refractivity contribution in [2.45, 2.75) is 58.3 Å². The van der Waals surface area contributed by atoms with Crippen molar-refractivity contribution in [2.75, 3.05) is 24.1 Å². The molecule has 4 rings (SSSR count). The van der Waals surface area contributed by atoms with E-state index in [0.29, 0.717) is 0 Å². The normalized spacial score (nSPS) is 14.9. The van der Waals surface area contributed by atoms with Crippen LogP contribution in [0.3, 0.4) is 0 Å². The second-order valence-corrected chi connectivity index (χ2v) is 10.0. The lowest BCUT2D eigenvalue weighted by atomic mass is 9.76. The Hall–Kier alpha value is -3.25. The number of aliphatic carboxylic acids is 1. The number of hydrogen-bond donors (Lipinski definition) is 3. The summed E-state index contributed by atoms with van der Waals surface area (Å²) in [6.45, 7) is 8.43. The minimum atomic E-state index is -0.721. The number of benzene rings is 2. The number of nitrogen functional groups attached to an aromatic ring is 1. The molecule has 1 aromatic rings. The maximum atomic E-state index is 10.7. The zero-order valence-corrected chi connectivity index (χ0v) is 22.1. The van der Waals surface area contributed by atoms with E-state index < -0.39 is 5.97 Å². The van der Waals surface area contributed by atoms with Crippen molar-refractivity contribution in [3.05, 3.63) is 70.9 Å². The van der Waals surface area contributed by atoms with Gasteiger partial charge in [-0.1, -0.05) is 13.8 Å². The number of nitrogens with one attached hydrogen (secondary N) is 1. The molecule has 0 spiro atoms. The largest absolute Gasteiger partial charge is 1.00 e. The van der Waals surface area contributed by atoms with Gasteiger partial charge in [-0.2, -0.15) is 0 Å². The number of carbonyl (C=O) groups is 1. The van der Waals surface area contributed by atoms with Gasteiger partial charge in [0.25, 0.3) is 0 Å². The summed E-state index contributed by atoms with van der Waals surface area (Å²) >= 11 is 0. The van der Waals surface area contributed by atoms with E-state index in [1.165, 1.54) is 5.56 Å². The van der Waals surface area contributed by atoms with Gasteiger partial charge < -0.3 is 33.0 Å². The quantitative estimate of drug-likeness (QED) is 0.234. The molecule has 0 saturated heterocycles. The molecule has 0 amide bonds. The first-order chi connectivity index (χ1) is 16.7. The first kappa shape index (κ1) is 27.3. The molecular weight excluding hydrogens is 474 g/mol. The molecule has 36 heavy (non-hydrogen) atoms. The third kappa shape index (κ3) is 6.49. The van der Waals surface area contributed by atoms with Crippen LogP contribution in [0, 0.1) is 0 Å². The highest BCUT2D eigenvalue weighted by Gasteiger charge is 2.31. The van der Waals surface area contributed by atoms with Crippen molar-refractivity contribution in [1.29, 1.82) is 0 Å². The second kappa shape index (κ2) is 11.7. The predicted octanol–water partition coefficient (Wildman–Crippen LogP) is 2.54. The van der Waals surface area contributed by atoms with Gasteiger partial charge in [0, 0.05) is 53.2 Å². The number of fused-ring (bicyclic) bond motifs is 2. The molecule has 1 aromatic carbocycles. The first-order valence-corrected chi connectivity index (χ1v) is 12.5. The van der Waals surface area contributed by atoms with Crippen molar-refractivity contribution in [3.63, 3.8) is 0 Å². The molecule has 0 aromatic heterocycles. The maximum absolute atomic E-state index is 10.7. The van der Waals surface area contributed by atoms with Gasteiger partial charge >= 0.3 is 5.97 Å². The number of anilines is 2. The Labute approximate surface area is 219 Å². The Morgan fingerprint density at radius 2 is 1.86 bits per heavy atom. The first-order valence-electron chi connectivity index (χ1n) is 12.5. The second-order valence-electron chi connectivity index (χ2n) is 10.0. The lowest BCUT2D eigenvalue weighted by Gasteiger charge is -2.32. The van der Waals surface area contributed by atoms with Gasteiger partial charge in [-0.3, -0.25) is 4.79 Å². The highest BCUT2D eigenvalue weighted by molar-refractivity contribution is 5.69. The van der Waals surface area contributed by atoms with Crippen LogP contribution in [0.5, 0.6) is 0 Å². The number of carboxylic acids is 1. The van der Waals surface area contributed by atoms with Crippen LogP contribution >= 0.6 is 0 Å². The number of nitrogens with two attached hydrogens (primary N) is 1. The van der Waals surface area contributed by atoms with E-state index >= 15 is 0 Å². The van der Waals surface area contributed by atoms with Crippen molar-refractivity contribution < 1.29 is 26.7 Å². The van der Waals surface area contributed by atoms with Crippen LogP contribution in [0.1, 0.15) is 64.2 Å². The number of nitrogens with zero attached hydrogens (tertiary/aromatic N) is 1. The smallest absolute Gasteiger partial charge is 0.303 e. The van der Waals surface area contributed by atoms with Crippen LogP contribution in [-0.4, -0.2) is 24.2 Å². The van der Waals surface area contributed by atoms with E-state index in [-0.39, 0.29) is 24.2 Å². The molecule has 0 radical (unpaired) electrons. The van der Waals surface area contributed by atoms with Crippen LogP contribution in [0.2, 0.25) is 0 Å². The molecule has 0 fully saturated rings. The van der Waals surface area contributed by atoms with Crippen LogP contribution < -0.4 is 33.4 Å². The van der Waals surface area contributed by atoms with E-state index in [1.54, 1.807) is 0 Å². The zero-order valence-electron chi connectivity index (χ0n) is 21.3. The Kier molecular flexibility index (Phi) is 8.85. The van der Waals surface area contributed by atoms with Crippen molar-refractivity contribution in [1.82, 2.24) is 4.58 Å². The third-order valence-electron chi connectivity index (χ3n) is 6.73. The Morgan fingerprint density at radius 1 is 1.11 bits per heavy atom. The molecule has 0 saturated carbocycles. The molecule has 1 heterocycles. The van der Waals surface area contributed by atoms with E-state index in [9.17, 15) is 4.79 Å². The molecule has 0 atom stereocenters. The minimum absolute atomic E-state index is 0. The standard InChI is InChI=1S/C29H35N3O3.ClH/c1-4-32(15-7-5-6-8-28(33)34)24-14-9-20-16-25-27(35-26(20)18-24)17-23(19-29(25,2)3)31-22-12-10-21(30)11-13-22;/h9-14,16-18H,4-8,15,19,30H2,1-3H3,(H,33,34);1H. The Morgan fingerprint density at radius 3 is 2.56 bits per heavy atom. The topological polar surface area (TPSA) is 91.5 Å². The number of carboxylic acid groups (broad SMARTS) is 1. The van der Waals surface area contributed by atoms with Gasteiger partial charge in [-0.05, 0) is 68.0 Å². The molecule has 2 aliphatic carbocycles. The molecule has 3 aliphatic rings. The van der Waals surface area contributed by atoms with Gasteiger partial charge in [-0.25, -0.2) is 4.58 Å². The molecule has 1 aliphatic heterocycles.